The maximum atomic E-state index is 10.7. The van der Waals surface area contributed by atoms with Crippen molar-refractivity contribution in [1.82, 2.24) is 4.90 Å². The number of ether oxygens (including phenoxy) is 1. The van der Waals surface area contributed by atoms with E-state index < -0.39 is 5.97 Å². The summed E-state index contributed by atoms with van der Waals surface area (Å²) in [4.78, 5) is 12.8. The van der Waals surface area contributed by atoms with Crippen LogP contribution in [0.5, 0.6) is 5.75 Å². The molecule has 88 valence electrons. The van der Waals surface area contributed by atoms with Crippen molar-refractivity contribution in [3.63, 3.8) is 0 Å². The Labute approximate surface area is 95.5 Å². The molecule has 4 heteroatoms. The fourth-order valence-electron chi connectivity index (χ4n) is 1.20. The summed E-state index contributed by atoms with van der Waals surface area (Å²) >= 11 is 0. The molecule has 16 heavy (non-hydrogen) atoms. The van der Waals surface area contributed by atoms with Gasteiger partial charge in [0.2, 0.25) is 0 Å². The van der Waals surface area contributed by atoms with Gasteiger partial charge in [0, 0.05) is 6.54 Å². The number of carbonyl (C=O) groups is 1. The lowest BCUT2D eigenvalue weighted by Crippen LogP contribution is -2.23. The van der Waals surface area contributed by atoms with Gasteiger partial charge in [-0.15, -0.1) is 0 Å². The fraction of sp³-hybridized carbons (Fsp3) is 0.417. The predicted octanol–water partition coefficient (Wildman–Crippen LogP) is 1.72. The molecule has 0 heterocycles. The number of hydrogen-bond acceptors (Lipinski definition) is 3. The number of rotatable bonds is 6. The first-order valence-corrected chi connectivity index (χ1v) is 5.28. The van der Waals surface area contributed by atoms with Crippen LogP contribution in [0.1, 0.15) is 17.3 Å². The lowest BCUT2D eigenvalue weighted by molar-refractivity contribution is 0.0696. The molecule has 1 aromatic carbocycles. The van der Waals surface area contributed by atoms with Crippen molar-refractivity contribution in [2.75, 3.05) is 26.7 Å². The van der Waals surface area contributed by atoms with Crippen LogP contribution in [0.3, 0.4) is 0 Å². The molecule has 0 aromatic heterocycles. The number of hydrogen-bond donors (Lipinski definition) is 1. The van der Waals surface area contributed by atoms with Crippen LogP contribution in [-0.2, 0) is 0 Å². The van der Waals surface area contributed by atoms with Crippen LogP contribution in [-0.4, -0.2) is 42.7 Å². The topological polar surface area (TPSA) is 49.8 Å². The third-order valence-electron chi connectivity index (χ3n) is 2.36. The Morgan fingerprint density at radius 1 is 1.50 bits per heavy atom. The molecule has 0 unspecified atom stereocenters. The smallest absolute Gasteiger partial charge is 0.335 e. The van der Waals surface area contributed by atoms with Crippen molar-refractivity contribution in [2.24, 2.45) is 0 Å². The molecule has 0 aliphatic rings. The van der Waals surface area contributed by atoms with Crippen LogP contribution in [0.2, 0.25) is 0 Å². The minimum absolute atomic E-state index is 0.251. The summed E-state index contributed by atoms with van der Waals surface area (Å²) in [5.74, 6) is -0.333. The second kappa shape index (κ2) is 6.12. The fourth-order valence-corrected chi connectivity index (χ4v) is 1.20. The van der Waals surface area contributed by atoms with E-state index in [1.807, 2.05) is 7.05 Å². The Bertz CT molecular complexity index is 352. The number of carboxylic acids is 1. The lowest BCUT2D eigenvalue weighted by Gasteiger charge is -2.14. The van der Waals surface area contributed by atoms with Gasteiger partial charge in [-0.1, -0.05) is 13.0 Å². The van der Waals surface area contributed by atoms with Gasteiger partial charge in [0.25, 0.3) is 0 Å². The summed E-state index contributed by atoms with van der Waals surface area (Å²) in [5, 5.41) is 8.80. The maximum Gasteiger partial charge on any atom is 0.335 e. The number of benzene rings is 1. The molecule has 0 aliphatic heterocycles. The highest BCUT2D eigenvalue weighted by Crippen LogP contribution is 2.13. The van der Waals surface area contributed by atoms with Gasteiger partial charge in [-0.25, -0.2) is 4.79 Å². The molecule has 0 bridgehead atoms. The molecular weight excluding hydrogens is 206 g/mol. The Hall–Kier alpha value is -1.55. The zero-order valence-electron chi connectivity index (χ0n) is 9.64. The second-order valence-electron chi connectivity index (χ2n) is 3.58. The highest BCUT2D eigenvalue weighted by atomic mass is 16.5. The van der Waals surface area contributed by atoms with Gasteiger partial charge in [0.1, 0.15) is 12.4 Å². The van der Waals surface area contributed by atoms with Crippen LogP contribution in [0.15, 0.2) is 24.3 Å². The Balaban J connectivity index is 2.48. The Kier molecular flexibility index (Phi) is 4.79. The summed E-state index contributed by atoms with van der Waals surface area (Å²) in [6.07, 6.45) is 0. The molecule has 0 atom stereocenters. The third kappa shape index (κ3) is 3.90. The first kappa shape index (κ1) is 12.5. The van der Waals surface area contributed by atoms with Gasteiger partial charge >= 0.3 is 5.97 Å². The van der Waals surface area contributed by atoms with Gasteiger partial charge in [0.15, 0.2) is 0 Å². The van der Waals surface area contributed by atoms with E-state index in [-0.39, 0.29) is 5.56 Å². The summed E-state index contributed by atoms with van der Waals surface area (Å²) in [6.45, 7) is 4.44. The van der Waals surface area contributed by atoms with Gasteiger partial charge in [-0.3, -0.25) is 0 Å². The van der Waals surface area contributed by atoms with E-state index in [4.69, 9.17) is 9.84 Å². The molecule has 1 N–H and O–H groups in total. The van der Waals surface area contributed by atoms with Crippen LogP contribution in [0.25, 0.3) is 0 Å². The molecule has 4 nitrogen and oxygen atoms in total. The SMILES string of the molecule is CCN(C)CCOc1cccc(C(=O)O)c1. The monoisotopic (exact) mass is 223 g/mol. The summed E-state index contributed by atoms with van der Waals surface area (Å²) in [6, 6.07) is 6.53. The first-order chi connectivity index (χ1) is 7.63. The van der Waals surface area contributed by atoms with Crippen LogP contribution >= 0.6 is 0 Å². The van der Waals surface area contributed by atoms with E-state index in [1.165, 1.54) is 6.07 Å². The highest BCUT2D eigenvalue weighted by molar-refractivity contribution is 5.87. The standard InChI is InChI=1S/C12H17NO3/c1-3-13(2)7-8-16-11-6-4-5-10(9-11)12(14)15/h4-6,9H,3,7-8H2,1-2H3,(H,14,15). The van der Waals surface area contributed by atoms with Gasteiger partial charge in [-0.05, 0) is 31.8 Å². The van der Waals surface area contributed by atoms with Crippen molar-refractivity contribution >= 4 is 5.97 Å². The van der Waals surface area contributed by atoms with Gasteiger partial charge in [-0.2, -0.15) is 0 Å². The van der Waals surface area contributed by atoms with E-state index in [0.29, 0.717) is 12.4 Å². The zero-order chi connectivity index (χ0) is 12.0. The number of carboxylic acid groups (broad SMARTS) is 1. The minimum atomic E-state index is -0.934. The van der Waals surface area contributed by atoms with Gasteiger partial charge < -0.3 is 14.7 Å². The normalized spacial score (nSPS) is 10.4. The van der Waals surface area contributed by atoms with Crippen molar-refractivity contribution < 1.29 is 14.6 Å². The second-order valence-corrected chi connectivity index (χ2v) is 3.58. The third-order valence-corrected chi connectivity index (χ3v) is 2.36. The quantitative estimate of drug-likeness (QED) is 0.797. The molecule has 0 saturated carbocycles. The number of nitrogens with zero attached hydrogens (tertiary/aromatic N) is 1. The average molecular weight is 223 g/mol. The molecule has 0 fully saturated rings. The van der Waals surface area contributed by atoms with Crippen LogP contribution in [0, 0.1) is 0 Å². The summed E-state index contributed by atoms with van der Waals surface area (Å²) in [5.41, 5.74) is 0.251. The molecule has 0 amide bonds. The largest absolute Gasteiger partial charge is 0.492 e. The first-order valence-electron chi connectivity index (χ1n) is 5.28. The molecule has 0 spiro atoms. The van der Waals surface area contributed by atoms with E-state index in [1.54, 1.807) is 18.2 Å². The van der Waals surface area contributed by atoms with Crippen molar-refractivity contribution in [3.05, 3.63) is 29.8 Å². The molecular formula is C12H17NO3. The Morgan fingerprint density at radius 3 is 2.88 bits per heavy atom. The molecule has 0 radical (unpaired) electrons. The summed E-state index contributed by atoms with van der Waals surface area (Å²) < 4.78 is 5.46. The Morgan fingerprint density at radius 2 is 2.25 bits per heavy atom. The summed E-state index contributed by atoms with van der Waals surface area (Å²) in [7, 11) is 2.01. The van der Waals surface area contributed by atoms with Crippen LogP contribution < -0.4 is 4.74 Å². The molecule has 0 saturated heterocycles. The van der Waals surface area contributed by atoms with Crippen LogP contribution in [0.4, 0.5) is 0 Å². The van der Waals surface area contributed by atoms with E-state index in [2.05, 4.69) is 11.8 Å². The lowest BCUT2D eigenvalue weighted by atomic mass is 10.2. The van der Waals surface area contributed by atoms with E-state index in [0.717, 1.165) is 13.1 Å². The maximum absolute atomic E-state index is 10.7. The number of likely N-dealkylation sites (N-methyl/N-ethyl adjacent to an activating group) is 1. The van der Waals surface area contributed by atoms with Crippen molar-refractivity contribution in [1.29, 1.82) is 0 Å². The highest BCUT2D eigenvalue weighted by Gasteiger charge is 2.03. The minimum Gasteiger partial charge on any atom is -0.492 e. The predicted molar refractivity (Wildman–Crippen MR) is 62.1 cm³/mol. The van der Waals surface area contributed by atoms with E-state index in [9.17, 15) is 4.79 Å². The van der Waals surface area contributed by atoms with E-state index >= 15 is 0 Å². The average Bonchev–Trinajstić information content (AvgIpc) is 2.29. The number of aromatic carboxylic acids is 1. The van der Waals surface area contributed by atoms with Gasteiger partial charge in [0.05, 0.1) is 5.56 Å². The molecule has 1 aromatic rings. The molecule has 1 rings (SSSR count). The zero-order valence-corrected chi connectivity index (χ0v) is 9.64. The van der Waals surface area contributed by atoms with Crippen molar-refractivity contribution in [3.8, 4) is 5.75 Å². The van der Waals surface area contributed by atoms with Crippen molar-refractivity contribution in [2.45, 2.75) is 6.92 Å². The molecule has 0 aliphatic carbocycles.